The Hall–Kier alpha value is -5.09. The summed E-state index contributed by atoms with van der Waals surface area (Å²) in [7, 11) is 0. The number of benzene rings is 5. The Balaban J connectivity index is 1.62. The number of hydrogen-bond donors (Lipinski definition) is 0. The van der Waals surface area contributed by atoms with Gasteiger partial charge in [0.05, 0.1) is 0 Å². The van der Waals surface area contributed by atoms with Crippen LogP contribution in [-0.4, -0.2) is 15.4 Å². The lowest BCUT2D eigenvalue weighted by Gasteiger charge is -2.16. The fourth-order valence-corrected chi connectivity index (χ4v) is 5.11. The van der Waals surface area contributed by atoms with Crippen LogP contribution in [0.1, 0.15) is 0 Å². The molecular weight excluding hydrogens is 454 g/mol. The van der Waals surface area contributed by atoms with Crippen LogP contribution in [0, 0.1) is 0 Å². The first-order valence-electron chi connectivity index (χ1n) is 12.2. The molecule has 4 nitrogen and oxygen atoms in total. The van der Waals surface area contributed by atoms with E-state index in [1.807, 2.05) is 66.7 Å². The number of hydrogen-bond acceptors (Lipinski definition) is 4. The van der Waals surface area contributed by atoms with E-state index in [2.05, 4.69) is 76.1 Å². The molecule has 174 valence electrons. The summed E-state index contributed by atoms with van der Waals surface area (Å²) in [5.74, 6) is 0. The lowest BCUT2D eigenvalue weighted by molar-refractivity contribution is 0.669. The minimum atomic E-state index is 0.783. The van der Waals surface area contributed by atoms with Gasteiger partial charge in [-0.3, -0.25) is 0 Å². The van der Waals surface area contributed by atoms with Crippen molar-refractivity contribution in [1.29, 1.82) is 0 Å². The van der Waals surface area contributed by atoms with Crippen LogP contribution in [-0.2, 0) is 0 Å². The van der Waals surface area contributed by atoms with Crippen molar-refractivity contribution in [2.24, 2.45) is 0 Å². The first kappa shape index (κ1) is 21.2. The maximum absolute atomic E-state index is 6.27. The lowest BCUT2D eigenvalue weighted by atomic mass is 9.88. The van der Waals surface area contributed by atoms with Gasteiger partial charge in [-0.05, 0) is 34.5 Å². The highest BCUT2D eigenvalue weighted by atomic mass is 16.3. The topological polar surface area (TPSA) is 51.8 Å². The fourth-order valence-electron chi connectivity index (χ4n) is 5.11. The average molecular weight is 476 g/mol. The number of para-hydroxylation sites is 1. The van der Waals surface area contributed by atoms with E-state index in [0.29, 0.717) is 0 Å². The number of rotatable bonds is 4. The van der Waals surface area contributed by atoms with Crippen LogP contribution in [0.25, 0.3) is 66.7 Å². The Morgan fingerprint density at radius 2 is 1.00 bits per heavy atom. The summed E-state index contributed by atoms with van der Waals surface area (Å²) in [6.07, 6.45) is 0. The van der Waals surface area contributed by atoms with Crippen LogP contribution in [0.4, 0.5) is 0 Å². The molecule has 0 amide bonds. The van der Waals surface area contributed by atoms with E-state index in [1.54, 1.807) is 0 Å². The van der Waals surface area contributed by atoms with Crippen molar-refractivity contribution in [3.63, 3.8) is 0 Å². The average Bonchev–Trinajstić information content (AvgIpc) is 3.36. The molecule has 2 heterocycles. The Labute approximate surface area is 213 Å². The quantitative estimate of drug-likeness (QED) is 0.256. The van der Waals surface area contributed by atoms with Crippen LogP contribution in [0.2, 0.25) is 0 Å². The molecule has 7 aromatic rings. The molecule has 0 fully saturated rings. The van der Waals surface area contributed by atoms with Gasteiger partial charge in [0.25, 0.3) is 0 Å². The Morgan fingerprint density at radius 1 is 0.432 bits per heavy atom. The van der Waals surface area contributed by atoms with E-state index in [1.165, 1.54) is 0 Å². The molecule has 0 saturated heterocycles. The van der Waals surface area contributed by atoms with Crippen molar-refractivity contribution >= 4 is 21.9 Å². The fraction of sp³-hybridized carbons (Fsp3) is 0. The number of nitrogens with zero attached hydrogens (tertiary/aromatic N) is 3. The minimum Gasteiger partial charge on any atom is -0.456 e. The second-order valence-corrected chi connectivity index (χ2v) is 8.92. The Morgan fingerprint density at radius 3 is 1.70 bits per heavy atom. The summed E-state index contributed by atoms with van der Waals surface area (Å²) < 4.78 is 6.27. The monoisotopic (exact) mass is 475 g/mol. The second kappa shape index (κ2) is 8.85. The Kier molecular flexibility index (Phi) is 5.07. The van der Waals surface area contributed by atoms with Crippen molar-refractivity contribution in [3.8, 4) is 44.8 Å². The summed E-state index contributed by atoms with van der Waals surface area (Å²) in [5, 5.41) is 15.6. The molecule has 0 atom stereocenters. The SMILES string of the molecule is c1ccc(-c2nnnc(-c3ccc4oc5ccccc5c4c3-c3ccccc3)c2-c2ccccc2)cc1. The summed E-state index contributed by atoms with van der Waals surface area (Å²) in [5.41, 5.74) is 9.41. The molecule has 0 aliphatic heterocycles. The lowest BCUT2D eigenvalue weighted by Crippen LogP contribution is -2.01. The van der Waals surface area contributed by atoms with Crippen LogP contribution in [0.5, 0.6) is 0 Å². The highest BCUT2D eigenvalue weighted by Crippen LogP contribution is 2.45. The molecule has 37 heavy (non-hydrogen) atoms. The van der Waals surface area contributed by atoms with Crippen molar-refractivity contribution < 1.29 is 4.42 Å². The number of fused-ring (bicyclic) bond motifs is 3. The largest absolute Gasteiger partial charge is 0.456 e. The van der Waals surface area contributed by atoms with E-state index >= 15 is 0 Å². The van der Waals surface area contributed by atoms with Gasteiger partial charge in [-0.1, -0.05) is 109 Å². The van der Waals surface area contributed by atoms with Crippen molar-refractivity contribution in [3.05, 3.63) is 127 Å². The zero-order valence-electron chi connectivity index (χ0n) is 19.9. The summed E-state index contributed by atoms with van der Waals surface area (Å²) in [4.78, 5) is 0. The molecule has 0 spiro atoms. The molecule has 2 aromatic heterocycles. The van der Waals surface area contributed by atoms with Crippen molar-refractivity contribution in [2.45, 2.75) is 0 Å². The zero-order valence-corrected chi connectivity index (χ0v) is 19.9. The van der Waals surface area contributed by atoms with Crippen molar-refractivity contribution in [1.82, 2.24) is 15.4 Å². The molecule has 0 aliphatic carbocycles. The minimum absolute atomic E-state index is 0.783. The van der Waals surface area contributed by atoms with E-state index in [9.17, 15) is 0 Å². The van der Waals surface area contributed by atoms with E-state index < -0.39 is 0 Å². The van der Waals surface area contributed by atoms with Gasteiger partial charge < -0.3 is 4.42 Å². The van der Waals surface area contributed by atoms with Gasteiger partial charge in [0, 0.05) is 33.0 Å². The number of furan rings is 1. The molecule has 7 rings (SSSR count). The summed E-state index contributed by atoms with van der Waals surface area (Å²) in [6, 6.07) is 43.2. The predicted octanol–water partition coefficient (Wildman–Crippen LogP) is 8.44. The van der Waals surface area contributed by atoms with Gasteiger partial charge in [0.2, 0.25) is 0 Å². The van der Waals surface area contributed by atoms with Gasteiger partial charge in [-0.2, -0.15) is 0 Å². The van der Waals surface area contributed by atoms with Gasteiger partial charge in [-0.25, -0.2) is 0 Å². The first-order valence-corrected chi connectivity index (χ1v) is 12.2. The highest BCUT2D eigenvalue weighted by molar-refractivity contribution is 6.16. The smallest absolute Gasteiger partial charge is 0.136 e. The van der Waals surface area contributed by atoms with Gasteiger partial charge in [-0.15, -0.1) is 10.2 Å². The van der Waals surface area contributed by atoms with Crippen LogP contribution >= 0.6 is 0 Å². The van der Waals surface area contributed by atoms with Gasteiger partial charge in [0.1, 0.15) is 22.6 Å². The third kappa shape index (κ3) is 3.58. The molecule has 0 unspecified atom stereocenters. The second-order valence-electron chi connectivity index (χ2n) is 8.92. The number of aromatic nitrogens is 3. The third-order valence-electron chi connectivity index (χ3n) is 6.73. The van der Waals surface area contributed by atoms with Crippen LogP contribution < -0.4 is 0 Å². The van der Waals surface area contributed by atoms with Gasteiger partial charge >= 0.3 is 0 Å². The first-order chi connectivity index (χ1) is 18.4. The molecule has 5 aromatic carbocycles. The predicted molar refractivity (Wildman–Crippen MR) is 149 cm³/mol. The molecule has 4 heteroatoms. The molecule has 0 aliphatic rings. The van der Waals surface area contributed by atoms with Crippen LogP contribution in [0.3, 0.4) is 0 Å². The van der Waals surface area contributed by atoms with E-state index in [-0.39, 0.29) is 0 Å². The van der Waals surface area contributed by atoms with Crippen LogP contribution in [0.15, 0.2) is 132 Å². The zero-order chi connectivity index (χ0) is 24.6. The molecule has 0 N–H and O–H groups in total. The Bertz CT molecular complexity index is 1860. The van der Waals surface area contributed by atoms with E-state index in [0.717, 1.165) is 66.7 Å². The molecule has 0 radical (unpaired) electrons. The summed E-state index contributed by atoms with van der Waals surface area (Å²) >= 11 is 0. The highest BCUT2D eigenvalue weighted by Gasteiger charge is 2.23. The van der Waals surface area contributed by atoms with Crippen molar-refractivity contribution in [2.75, 3.05) is 0 Å². The van der Waals surface area contributed by atoms with Gasteiger partial charge in [0.15, 0.2) is 0 Å². The summed E-state index contributed by atoms with van der Waals surface area (Å²) in [6.45, 7) is 0. The maximum atomic E-state index is 6.27. The normalized spacial score (nSPS) is 11.2. The molecule has 0 saturated carbocycles. The van der Waals surface area contributed by atoms with E-state index in [4.69, 9.17) is 4.42 Å². The third-order valence-corrected chi connectivity index (χ3v) is 6.73. The molecule has 0 bridgehead atoms. The maximum Gasteiger partial charge on any atom is 0.136 e. The molecular formula is C33H21N3O. The standard InChI is InChI=1S/C33H21N3O/c1-4-12-22(13-5-1)29-26(20-21-28-31(29)25-18-10-11-19-27(25)37-28)33-30(23-14-6-2-7-15-23)32(34-36-35-33)24-16-8-3-9-17-24/h1-21H.